The molecule has 0 amide bonds. The second kappa shape index (κ2) is 7.72. The summed E-state index contributed by atoms with van der Waals surface area (Å²) in [6, 6.07) is 5.42. The largest absolute Gasteiger partial charge is 0.313 e. The van der Waals surface area contributed by atoms with E-state index in [-0.39, 0.29) is 0 Å². The van der Waals surface area contributed by atoms with Gasteiger partial charge in [-0.05, 0) is 65.4 Å². The van der Waals surface area contributed by atoms with E-state index in [2.05, 4.69) is 32.9 Å². The first-order chi connectivity index (χ1) is 10.0. The first-order valence-electron chi connectivity index (χ1n) is 7.51. The molecule has 4 nitrogen and oxygen atoms in total. The van der Waals surface area contributed by atoms with Crippen LogP contribution in [0, 0.1) is 5.92 Å². The Morgan fingerprint density at radius 1 is 1.33 bits per heavy atom. The molecular weight excluding hydrogens is 352 g/mol. The monoisotopic (exact) mass is 374 g/mol. The lowest BCUT2D eigenvalue weighted by atomic mass is 9.86. The van der Waals surface area contributed by atoms with Crippen molar-refractivity contribution in [1.82, 2.24) is 10.0 Å². The molecule has 0 spiro atoms. The molecule has 1 saturated carbocycles. The quantitative estimate of drug-likeness (QED) is 0.687. The van der Waals surface area contributed by atoms with Crippen LogP contribution in [-0.2, 0) is 16.6 Å². The van der Waals surface area contributed by atoms with Crippen LogP contribution >= 0.6 is 15.9 Å². The Morgan fingerprint density at radius 2 is 2.10 bits per heavy atom. The van der Waals surface area contributed by atoms with Crippen molar-refractivity contribution in [1.29, 1.82) is 0 Å². The summed E-state index contributed by atoms with van der Waals surface area (Å²) in [5, 5.41) is 3.31. The first kappa shape index (κ1) is 16.9. The fraction of sp³-hybridized carbons (Fsp3) is 0.600. The van der Waals surface area contributed by atoms with Gasteiger partial charge < -0.3 is 5.32 Å². The summed E-state index contributed by atoms with van der Waals surface area (Å²) in [7, 11) is -3.42. The SMILES string of the molecule is CCCNCc1ccc(S(=O)(=O)NCC2CCC2)c(Br)c1. The molecule has 0 bridgehead atoms. The number of sulfonamides is 1. The highest BCUT2D eigenvalue weighted by molar-refractivity contribution is 9.10. The Morgan fingerprint density at radius 3 is 2.67 bits per heavy atom. The Labute approximate surface area is 135 Å². The van der Waals surface area contributed by atoms with Crippen LogP contribution in [0.1, 0.15) is 38.2 Å². The molecule has 2 N–H and O–H groups in total. The minimum absolute atomic E-state index is 0.320. The van der Waals surface area contributed by atoms with E-state index in [4.69, 9.17) is 0 Å². The summed E-state index contributed by atoms with van der Waals surface area (Å²) in [5.74, 6) is 0.510. The van der Waals surface area contributed by atoms with Gasteiger partial charge in [-0.2, -0.15) is 0 Å². The van der Waals surface area contributed by atoms with E-state index in [1.54, 1.807) is 6.07 Å². The normalized spacial score (nSPS) is 15.9. The summed E-state index contributed by atoms with van der Waals surface area (Å²) >= 11 is 3.38. The van der Waals surface area contributed by atoms with Crippen molar-refractivity contribution in [2.45, 2.75) is 44.0 Å². The van der Waals surface area contributed by atoms with E-state index in [9.17, 15) is 8.42 Å². The highest BCUT2D eigenvalue weighted by atomic mass is 79.9. The molecule has 0 unspecified atom stereocenters. The fourth-order valence-corrected chi connectivity index (χ4v) is 4.52. The second-order valence-corrected chi connectivity index (χ2v) is 8.18. The lowest BCUT2D eigenvalue weighted by molar-refractivity contribution is 0.316. The van der Waals surface area contributed by atoms with Crippen molar-refractivity contribution in [3.63, 3.8) is 0 Å². The number of hydrogen-bond donors (Lipinski definition) is 2. The standard InChI is InChI=1S/C15H23BrN2O2S/c1-2-8-17-10-13-6-7-15(14(16)9-13)21(19,20)18-11-12-4-3-5-12/h6-7,9,12,17-18H,2-5,8,10-11H2,1H3. The van der Waals surface area contributed by atoms with Crippen molar-refractivity contribution in [2.24, 2.45) is 5.92 Å². The van der Waals surface area contributed by atoms with Gasteiger partial charge in [0.2, 0.25) is 10.0 Å². The van der Waals surface area contributed by atoms with Crippen LogP contribution in [0.4, 0.5) is 0 Å². The maximum absolute atomic E-state index is 12.3. The van der Waals surface area contributed by atoms with Gasteiger partial charge in [0.1, 0.15) is 0 Å². The van der Waals surface area contributed by atoms with Gasteiger partial charge in [-0.3, -0.25) is 0 Å². The maximum atomic E-state index is 12.3. The number of benzene rings is 1. The minimum Gasteiger partial charge on any atom is -0.313 e. The van der Waals surface area contributed by atoms with Gasteiger partial charge in [0.25, 0.3) is 0 Å². The van der Waals surface area contributed by atoms with Gasteiger partial charge in [-0.15, -0.1) is 0 Å². The van der Waals surface area contributed by atoms with Crippen LogP contribution in [0.2, 0.25) is 0 Å². The lowest BCUT2D eigenvalue weighted by Crippen LogP contribution is -2.32. The third-order valence-electron chi connectivity index (χ3n) is 3.83. The predicted molar refractivity (Wildman–Crippen MR) is 88.7 cm³/mol. The molecule has 21 heavy (non-hydrogen) atoms. The molecule has 1 aliphatic rings. The Hall–Kier alpha value is -0.430. The van der Waals surface area contributed by atoms with Crippen LogP contribution in [0.3, 0.4) is 0 Å². The van der Waals surface area contributed by atoms with Gasteiger partial charge >= 0.3 is 0 Å². The van der Waals surface area contributed by atoms with Crippen LogP contribution in [0.15, 0.2) is 27.6 Å². The molecule has 6 heteroatoms. The zero-order valence-electron chi connectivity index (χ0n) is 12.4. The molecular formula is C15H23BrN2O2S. The lowest BCUT2D eigenvalue weighted by Gasteiger charge is -2.25. The molecule has 1 aliphatic carbocycles. The molecule has 2 rings (SSSR count). The van der Waals surface area contributed by atoms with Crippen molar-refractivity contribution in [3.05, 3.63) is 28.2 Å². The number of rotatable bonds is 8. The van der Waals surface area contributed by atoms with Crippen molar-refractivity contribution < 1.29 is 8.42 Å². The third kappa shape index (κ3) is 4.77. The number of halogens is 1. The van der Waals surface area contributed by atoms with Gasteiger partial charge in [0.05, 0.1) is 4.90 Å². The topological polar surface area (TPSA) is 58.2 Å². The van der Waals surface area contributed by atoms with Gasteiger partial charge in [-0.1, -0.05) is 19.4 Å². The molecule has 0 aromatic heterocycles. The Kier molecular flexibility index (Phi) is 6.22. The Balaban J connectivity index is 2.00. The first-order valence-corrected chi connectivity index (χ1v) is 9.79. The van der Waals surface area contributed by atoms with Crippen LogP contribution in [0.25, 0.3) is 0 Å². The van der Waals surface area contributed by atoms with E-state index in [1.807, 2.05) is 12.1 Å². The fourth-order valence-electron chi connectivity index (χ4n) is 2.28. The molecule has 0 atom stereocenters. The van der Waals surface area contributed by atoms with Crippen LogP contribution in [-0.4, -0.2) is 21.5 Å². The number of hydrogen-bond acceptors (Lipinski definition) is 3. The van der Waals surface area contributed by atoms with Crippen molar-refractivity contribution in [3.8, 4) is 0 Å². The van der Waals surface area contributed by atoms with Gasteiger partial charge in [0, 0.05) is 17.6 Å². The van der Waals surface area contributed by atoms with Crippen molar-refractivity contribution in [2.75, 3.05) is 13.1 Å². The molecule has 1 aromatic rings. The molecule has 0 heterocycles. The van der Waals surface area contributed by atoms with E-state index in [1.165, 1.54) is 6.42 Å². The summed E-state index contributed by atoms with van der Waals surface area (Å²) in [6.45, 7) is 4.38. The zero-order chi connectivity index (χ0) is 15.3. The number of nitrogens with one attached hydrogen (secondary N) is 2. The van der Waals surface area contributed by atoms with Gasteiger partial charge in [-0.25, -0.2) is 13.1 Å². The highest BCUT2D eigenvalue weighted by Gasteiger charge is 2.22. The average molecular weight is 375 g/mol. The zero-order valence-corrected chi connectivity index (χ0v) is 14.8. The van der Waals surface area contributed by atoms with Crippen LogP contribution in [0.5, 0.6) is 0 Å². The van der Waals surface area contributed by atoms with E-state index in [0.29, 0.717) is 21.8 Å². The maximum Gasteiger partial charge on any atom is 0.241 e. The molecule has 0 saturated heterocycles. The van der Waals surface area contributed by atoms with Crippen LogP contribution < -0.4 is 10.0 Å². The summed E-state index contributed by atoms with van der Waals surface area (Å²) in [6.07, 6.45) is 4.56. The summed E-state index contributed by atoms with van der Waals surface area (Å²) in [5.41, 5.74) is 1.08. The highest BCUT2D eigenvalue weighted by Crippen LogP contribution is 2.27. The second-order valence-electron chi connectivity index (χ2n) is 5.59. The molecule has 0 radical (unpaired) electrons. The van der Waals surface area contributed by atoms with E-state index >= 15 is 0 Å². The summed E-state index contributed by atoms with van der Waals surface area (Å²) in [4.78, 5) is 0.320. The van der Waals surface area contributed by atoms with Crippen molar-refractivity contribution >= 4 is 26.0 Å². The average Bonchev–Trinajstić information content (AvgIpc) is 2.37. The predicted octanol–water partition coefficient (Wildman–Crippen LogP) is 3.03. The molecule has 0 aliphatic heterocycles. The molecule has 118 valence electrons. The smallest absolute Gasteiger partial charge is 0.241 e. The molecule has 1 fully saturated rings. The van der Waals surface area contributed by atoms with E-state index in [0.717, 1.165) is 37.9 Å². The van der Waals surface area contributed by atoms with Gasteiger partial charge in [0.15, 0.2) is 0 Å². The summed E-state index contributed by atoms with van der Waals surface area (Å²) < 4.78 is 28.0. The minimum atomic E-state index is -3.42. The Bertz CT molecular complexity index is 571. The van der Waals surface area contributed by atoms with E-state index < -0.39 is 10.0 Å². The molecule has 1 aromatic carbocycles. The third-order valence-corrected chi connectivity index (χ3v) is 6.23.